The Morgan fingerprint density at radius 2 is 1.75 bits per heavy atom. The molecule has 2 aromatic rings. The first kappa shape index (κ1) is 16.1. The predicted octanol–water partition coefficient (Wildman–Crippen LogP) is 2.18. The number of amides is 2. The molecular weight excluding hydrogens is 304 g/mol. The Hall–Kier alpha value is -2.82. The number of likely N-dealkylation sites (tertiary alicyclic amines) is 1. The molecule has 0 bridgehead atoms. The van der Waals surface area contributed by atoms with Crippen molar-refractivity contribution < 1.29 is 14.3 Å². The number of benzene rings is 2. The largest absolute Gasteiger partial charge is 0.497 e. The summed E-state index contributed by atoms with van der Waals surface area (Å²) in [4.78, 5) is 26.4. The third kappa shape index (κ3) is 2.97. The van der Waals surface area contributed by atoms with Gasteiger partial charge in [-0.15, -0.1) is 0 Å². The summed E-state index contributed by atoms with van der Waals surface area (Å²) in [6, 6.07) is 15.9. The standard InChI is InChI=1S/C19H20N2O3/c1-24-15-9-7-13(8-10-15)16-11-12-21(17(16)18(20)22)19(23)14-5-3-2-4-6-14/h2-10,16-17H,11-12H2,1H3,(H2,20,22)/t16-,17+/m0/s1. The molecule has 3 rings (SSSR count). The van der Waals surface area contributed by atoms with Gasteiger partial charge in [-0.2, -0.15) is 0 Å². The van der Waals surface area contributed by atoms with E-state index < -0.39 is 11.9 Å². The number of hydrogen-bond donors (Lipinski definition) is 1. The van der Waals surface area contributed by atoms with Gasteiger partial charge in [0.05, 0.1) is 7.11 Å². The van der Waals surface area contributed by atoms with Crippen LogP contribution in [0.1, 0.15) is 28.3 Å². The quantitative estimate of drug-likeness (QED) is 0.937. The van der Waals surface area contributed by atoms with Crippen molar-refractivity contribution in [3.05, 3.63) is 65.7 Å². The molecule has 0 radical (unpaired) electrons. The topological polar surface area (TPSA) is 72.6 Å². The number of primary amides is 1. The molecule has 5 nitrogen and oxygen atoms in total. The van der Waals surface area contributed by atoms with Crippen LogP contribution in [0.25, 0.3) is 0 Å². The maximum Gasteiger partial charge on any atom is 0.254 e. The maximum atomic E-state index is 12.7. The minimum Gasteiger partial charge on any atom is -0.497 e. The monoisotopic (exact) mass is 324 g/mol. The van der Waals surface area contributed by atoms with Crippen molar-refractivity contribution in [2.24, 2.45) is 5.73 Å². The second-order valence-electron chi connectivity index (χ2n) is 5.88. The molecule has 1 heterocycles. The molecule has 124 valence electrons. The molecule has 2 N–H and O–H groups in total. The van der Waals surface area contributed by atoms with Gasteiger partial charge >= 0.3 is 0 Å². The molecule has 0 unspecified atom stereocenters. The van der Waals surface area contributed by atoms with E-state index in [1.807, 2.05) is 42.5 Å². The first-order valence-corrected chi connectivity index (χ1v) is 7.91. The fourth-order valence-electron chi connectivity index (χ4n) is 3.32. The molecular formula is C19H20N2O3. The van der Waals surface area contributed by atoms with Crippen molar-refractivity contribution in [1.29, 1.82) is 0 Å². The first-order valence-electron chi connectivity index (χ1n) is 7.91. The van der Waals surface area contributed by atoms with E-state index in [4.69, 9.17) is 10.5 Å². The Balaban J connectivity index is 1.87. The summed E-state index contributed by atoms with van der Waals surface area (Å²) < 4.78 is 5.17. The van der Waals surface area contributed by atoms with Gasteiger partial charge in [-0.05, 0) is 36.2 Å². The molecule has 0 saturated carbocycles. The number of carbonyl (C=O) groups is 2. The Labute approximate surface area is 141 Å². The normalized spacial score (nSPS) is 20.0. The lowest BCUT2D eigenvalue weighted by atomic mass is 9.91. The Morgan fingerprint density at radius 1 is 1.08 bits per heavy atom. The number of rotatable bonds is 4. The highest BCUT2D eigenvalue weighted by Gasteiger charge is 2.41. The van der Waals surface area contributed by atoms with Crippen LogP contribution in [-0.2, 0) is 4.79 Å². The van der Waals surface area contributed by atoms with Gasteiger partial charge in [0.1, 0.15) is 11.8 Å². The molecule has 2 aromatic carbocycles. The Kier molecular flexibility index (Phi) is 4.51. The summed E-state index contributed by atoms with van der Waals surface area (Å²) in [6.07, 6.45) is 0.707. The summed E-state index contributed by atoms with van der Waals surface area (Å²) in [5.41, 5.74) is 7.19. The summed E-state index contributed by atoms with van der Waals surface area (Å²) in [5.74, 6) is 0.0265. The predicted molar refractivity (Wildman–Crippen MR) is 90.8 cm³/mol. The van der Waals surface area contributed by atoms with Crippen molar-refractivity contribution in [2.45, 2.75) is 18.4 Å². The number of nitrogens with zero attached hydrogens (tertiary/aromatic N) is 1. The number of carbonyl (C=O) groups excluding carboxylic acids is 2. The smallest absolute Gasteiger partial charge is 0.254 e. The zero-order chi connectivity index (χ0) is 17.1. The fourth-order valence-corrected chi connectivity index (χ4v) is 3.32. The Morgan fingerprint density at radius 3 is 2.33 bits per heavy atom. The van der Waals surface area contributed by atoms with E-state index in [1.165, 1.54) is 0 Å². The van der Waals surface area contributed by atoms with Crippen LogP contribution < -0.4 is 10.5 Å². The average Bonchev–Trinajstić information content (AvgIpc) is 3.07. The van der Waals surface area contributed by atoms with Gasteiger partial charge in [0.15, 0.2) is 0 Å². The van der Waals surface area contributed by atoms with Gasteiger partial charge in [-0.3, -0.25) is 9.59 Å². The molecule has 1 saturated heterocycles. The van der Waals surface area contributed by atoms with E-state index >= 15 is 0 Å². The SMILES string of the molecule is COc1ccc([C@@H]2CCN(C(=O)c3ccccc3)[C@H]2C(N)=O)cc1. The fraction of sp³-hybridized carbons (Fsp3) is 0.263. The number of nitrogens with two attached hydrogens (primary N) is 1. The van der Waals surface area contributed by atoms with Crippen LogP contribution in [0.3, 0.4) is 0 Å². The van der Waals surface area contributed by atoms with E-state index in [2.05, 4.69) is 0 Å². The number of ether oxygens (including phenoxy) is 1. The van der Waals surface area contributed by atoms with Crippen molar-refractivity contribution in [2.75, 3.05) is 13.7 Å². The molecule has 24 heavy (non-hydrogen) atoms. The Bertz CT molecular complexity index is 728. The molecule has 1 aliphatic heterocycles. The molecule has 2 amide bonds. The molecule has 0 aliphatic carbocycles. The minimum atomic E-state index is -0.633. The zero-order valence-electron chi connectivity index (χ0n) is 13.5. The number of methoxy groups -OCH3 is 1. The summed E-state index contributed by atoms with van der Waals surface area (Å²) in [5, 5.41) is 0. The highest BCUT2D eigenvalue weighted by Crippen LogP contribution is 2.35. The summed E-state index contributed by atoms with van der Waals surface area (Å²) >= 11 is 0. The highest BCUT2D eigenvalue weighted by atomic mass is 16.5. The van der Waals surface area contributed by atoms with Crippen LogP contribution in [0.5, 0.6) is 5.75 Å². The molecule has 2 atom stereocenters. The van der Waals surface area contributed by atoms with Crippen LogP contribution in [0.15, 0.2) is 54.6 Å². The minimum absolute atomic E-state index is 0.0962. The van der Waals surface area contributed by atoms with Gasteiger partial charge in [0.2, 0.25) is 5.91 Å². The molecule has 0 aromatic heterocycles. The molecule has 5 heteroatoms. The van der Waals surface area contributed by atoms with Crippen LogP contribution in [0, 0.1) is 0 Å². The van der Waals surface area contributed by atoms with Crippen molar-refractivity contribution in [1.82, 2.24) is 4.90 Å². The van der Waals surface area contributed by atoms with Crippen LogP contribution in [0.4, 0.5) is 0 Å². The lowest BCUT2D eigenvalue weighted by molar-refractivity contribution is -0.122. The van der Waals surface area contributed by atoms with E-state index in [0.717, 1.165) is 11.3 Å². The van der Waals surface area contributed by atoms with Gasteiger partial charge in [-0.1, -0.05) is 30.3 Å². The molecule has 1 aliphatic rings. The maximum absolute atomic E-state index is 12.7. The van der Waals surface area contributed by atoms with Crippen molar-refractivity contribution in [3.63, 3.8) is 0 Å². The van der Waals surface area contributed by atoms with Gasteiger partial charge < -0.3 is 15.4 Å². The van der Waals surface area contributed by atoms with Crippen molar-refractivity contribution in [3.8, 4) is 5.75 Å². The second-order valence-corrected chi connectivity index (χ2v) is 5.88. The first-order chi connectivity index (χ1) is 11.6. The molecule has 0 spiro atoms. The third-order valence-electron chi connectivity index (χ3n) is 4.51. The van der Waals surface area contributed by atoms with Crippen molar-refractivity contribution >= 4 is 11.8 Å². The zero-order valence-corrected chi connectivity index (χ0v) is 13.5. The van der Waals surface area contributed by atoms with E-state index in [9.17, 15) is 9.59 Å². The van der Waals surface area contributed by atoms with Crippen LogP contribution >= 0.6 is 0 Å². The average molecular weight is 324 g/mol. The van der Waals surface area contributed by atoms with E-state index in [0.29, 0.717) is 18.5 Å². The van der Waals surface area contributed by atoms with Gasteiger partial charge in [0.25, 0.3) is 5.91 Å². The van der Waals surface area contributed by atoms with Gasteiger partial charge in [0, 0.05) is 18.0 Å². The lowest BCUT2D eigenvalue weighted by Gasteiger charge is -2.26. The van der Waals surface area contributed by atoms with Crippen LogP contribution in [-0.4, -0.2) is 36.4 Å². The summed E-state index contributed by atoms with van der Waals surface area (Å²) in [6.45, 7) is 0.512. The van der Waals surface area contributed by atoms with Crippen LogP contribution in [0.2, 0.25) is 0 Å². The second kappa shape index (κ2) is 6.74. The lowest BCUT2D eigenvalue weighted by Crippen LogP contribution is -2.46. The van der Waals surface area contributed by atoms with Gasteiger partial charge in [-0.25, -0.2) is 0 Å². The van der Waals surface area contributed by atoms with E-state index in [-0.39, 0.29) is 11.8 Å². The summed E-state index contributed by atoms with van der Waals surface area (Å²) in [7, 11) is 1.61. The molecule has 1 fully saturated rings. The van der Waals surface area contributed by atoms with E-state index in [1.54, 1.807) is 24.1 Å². The third-order valence-corrected chi connectivity index (χ3v) is 4.51. The highest BCUT2D eigenvalue weighted by molar-refractivity contribution is 5.98. The number of hydrogen-bond acceptors (Lipinski definition) is 3.